The number of aryl methyl sites for hydroxylation is 6. The summed E-state index contributed by atoms with van der Waals surface area (Å²) < 4.78 is 0. The molecule has 4 N–H and O–H groups in total. The summed E-state index contributed by atoms with van der Waals surface area (Å²) in [7, 11) is 0. The Labute approximate surface area is 255 Å². The fraction of sp³-hybridized carbons (Fsp3) is 0.400. The lowest BCUT2D eigenvalue weighted by atomic mass is 9.92. The molecule has 0 aromatic heterocycles. The second-order valence-corrected chi connectivity index (χ2v) is 12.6. The lowest BCUT2D eigenvalue weighted by Gasteiger charge is -2.13. The van der Waals surface area contributed by atoms with Gasteiger partial charge in [0.05, 0.1) is 0 Å². The predicted molar refractivity (Wildman–Crippen MR) is 183 cm³/mol. The Morgan fingerprint density at radius 2 is 0.667 bits per heavy atom. The maximum absolute atomic E-state index is 5.85. The highest BCUT2D eigenvalue weighted by molar-refractivity contribution is 5.46. The minimum atomic E-state index is 0.830. The fourth-order valence-electron chi connectivity index (χ4n) is 6.41. The van der Waals surface area contributed by atoms with E-state index in [-0.39, 0.29) is 0 Å². The number of nitrogen functional groups attached to an aromatic ring is 2. The summed E-state index contributed by atoms with van der Waals surface area (Å²) in [4.78, 5) is 0. The van der Waals surface area contributed by atoms with Crippen molar-refractivity contribution in [3.05, 3.63) is 128 Å². The quantitative estimate of drug-likeness (QED) is 0.112. The van der Waals surface area contributed by atoms with Gasteiger partial charge < -0.3 is 11.5 Å². The monoisotopic (exact) mass is 560 g/mol. The van der Waals surface area contributed by atoms with Gasteiger partial charge in [-0.2, -0.15) is 0 Å². The molecule has 4 rings (SSSR count). The van der Waals surface area contributed by atoms with Crippen molar-refractivity contribution in [3.8, 4) is 0 Å². The first-order chi connectivity index (χ1) is 20.3. The summed E-state index contributed by atoms with van der Waals surface area (Å²) in [5, 5.41) is 0. The van der Waals surface area contributed by atoms with E-state index in [1.165, 1.54) is 120 Å². The smallest absolute Gasteiger partial charge is 0.0314 e. The van der Waals surface area contributed by atoms with Gasteiger partial charge in [-0.3, -0.25) is 0 Å². The van der Waals surface area contributed by atoms with Gasteiger partial charge in [0.25, 0.3) is 0 Å². The van der Waals surface area contributed by atoms with Gasteiger partial charge in [0.2, 0.25) is 0 Å². The van der Waals surface area contributed by atoms with Crippen molar-refractivity contribution in [2.24, 2.45) is 0 Å². The third kappa shape index (κ3) is 9.51. The van der Waals surface area contributed by atoms with Crippen LogP contribution in [0.1, 0.15) is 107 Å². The molecule has 2 heteroatoms. The molecule has 0 fully saturated rings. The van der Waals surface area contributed by atoms with Crippen LogP contribution in [0.25, 0.3) is 0 Å². The largest absolute Gasteiger partial charge is 0.399 e. The standard InChI is InChI=1S/C40H52N2/c1-29-23-35(24-30(2)39(29)27-33-15-19-37(41)20-16-33)13-11-9-7-5-6-8-10-12-14-36-25-31(3)40(32(4)26-36)28-34-17-21-38(42)22-18-34/h15-26H,5-14,27-28,41-42H2,1-4H3. The molecule has 0 atom stereocenters. The van der Waals surface area contributed by atoms with E-state index in [1.807, 2.05) is 24.3 Å². The summed E-state index contributed by atoms with van der Waals surface area (Å²) in [5.41, 5.74) is 27.6. The van der Waals surface area contributed by atoms with Crippen LogP contribution in [-0.4, -0.2) is 0 Å². The first-order valence-corrected chi connectivity index (χ1v) is 16.2. The average molecular weight is 561 g/mol. The predicted octanol–water partition coefficient (Wildman–Crippen LogP) is 10.2. The number of rotatable bonds is 15. The molecule has 0 amide bonds. The molecule has 42 heavy (non-hydrogen) atoms. The van der Waals surface area contributed by atoms with Crippen LogP contribution in [0.4, 0.5) is 11.4 Å². The van der Waals surface area contributed by atoms with Gasteiger partial charge >= 0.3 is 0 Å². The van der Waals surface area contributed by atoms with E-state index in [1.54, 1.807) is 0 Å². The van der Waals surface area contributed by atoms with E-state index < -0.39 is 0 Å². The minimum absolute atomic E-state index is 0.830. The van der Waals surface area contributed by atoms with Crippen LogP contribution in [0.2, 0.25) is 0 Å². The average Bonchev–Trinajstić information content (AvgIpc) is 2.96. The van der Waals surface area contributed by atoms with Gasteiger partial charge in [-0.25, -0.2) is 0 Å². The highest BCUT2D eigenvalue weighted by Gasteiger charge is 2.08. The van der Waals surface area contributed by atoms with Gasteiger partial charge in [0.15, 0.2) is 0 Å². The topological polar surface area (TPSA) is 52.0 Å². The Bertz CT molecular complexity index is 1260. The number of benzene rings is 4. The lowest BCUT2D eigenvalue weighted by Crippen LogP contribution is -1.99. The number of unbranched alkanes of at least 4 members (excludes halogenated alkanes) is 7. The molecule has 0 radical (unpaired) electrons. The highest BCUT2D eigenvalue weighted by atomic mass is 14.5. The summed E-state index contributed by atoms with van der Waals surface area (Å²) >= 11 is 0. The summed E-state index contributed by atoms with van der Waals surface area (Å²) in [6.07, 6.45) is 15.1. The molecule has 0 aliphatic carbocycles. The third-order valence-corrected chi connectivity index (χ3v) is 8.91. The molecule has 4 aromatic rings. The van der Waals surface area contributed by atoms with Crippen molar-refractivity contribution in [2.75, 3.05) is 11.5 Å². The molecule has 0 unspecified atom stereocenters. The molecule has 0 saturated heterocycles. The summed E-state index contributed by atoms with van der Waals surface area (Å²) in [6, 6.07) is 26.2. The SMILES string of the molecule is Cc1cc(CCCCCCCCCCc2cc(C)c(Cc3ccc(N)cc3)c(C)c2)cc(C)c1Cc1ccc(N)cc1. The van der Waals surface area contributed by atoms with Gasteiger partial charge in [-0.15, -0.1) is 0 Å². The minimum Gasteiger partial charge on any atom is -0.399 e. The van der Waals surface area contributed by atoms with Crippen molar-refractivity contribution in [1.29, 1.82) is 0 Å². The van der Waals surface area contributed by atoms with Crippen LogP contribution in [0, 0.1) is 27.7 Å². The first-order valence-electron chi connectivity index (χ1n) is 16.2. The van der Waals surface area contributed by atoms with E-state index in [4.69, 9.17) is 11.5 Å². The number of hydrogen-bond acceptors (Lipinski definition) is 2. The van der Waals surface area contributed by atoms with Crippen LogP contribution in [0.15, 0.2) is 72.8 Å². The van der Waals surface area contributed by atoms with Crippen LogP contribution in [0.5, 0.6) is 0 Å². The number of anilines is 2. The Balaban J connectivity index is 1.09. The Kier molecular flexibility index (Phi) is 11.7. The number of nitrogens with two attached hydrogens (primary N) is 2. The van der Waals surface area contributed by atoms with Crippen LogP contribution < -0.4 is 11.5 Å². The Hall–Kier alpha value is -3.52. The van der Waals surface area contributed by atoms with Crippen molar-refractivity contribution < 1.29 is 0 Å². The zero-order chi connectivity index (χ0) is 29.9. The van der Waals surface area contributed by atoms with E-state index in [2.05, 4.69) is 76.2 Å². The van der Waals surface area contributed by atoms with Gasteiger partial charge in [0.1, 0.15) is 0 Å². The van der Waals surface area contributed by atoms with Crippen molar-refractivity contribution in [1.82, 2.24) is 0 Å². The molecule has 0 heterocycles. The lowest BCUT2D eigenvalue weighted by molar-refractivity contribution is 0.567. The molecule has 2 nitrogen and oxygen atoms in total. The van der Waals surface area contributed by atoms with Gasteiger partial charge in [0, 0.05) is 11.4 Å². The maximum Gasteiger partial charge on any atom is 0.0314 e. The van der Waals surface area contributed by atoms with E-state index >= 15 is 0 Å². The van der Waals surface area contributed by atoms with Crippen molar-refractivity contribution in [2.45, 2.75) is 105 Å². The molecule has 0 aliphatic rings. The van der Waals surface area contributed by atoms with Crippen LogP contribution >= 0.6 is 0 Å². The summed E-state index contributed by atoms with van der Waals surface area (Å²) in [6.45, 7) is 9.07. The second kappa shape index (κ2) is 15.6. The molecule has 0 saturated carbocycles. The molecule has 4 aromatic carbocycles. The fourth-order valence-corrected chi connectivity index (χ4v) is 6.41. The van der Waals surface area contributed by atoms with E-state index in [9.17, 15) is 0 Å². The first kappa shape index (κ1) is 31.4. The van der Waals surface area contributed by atoms with Crippen LogP contribution in [0.3, 0.4) is 0 Å². The molecular weight excluding hydrogens is 508 g/mol. The number of hydrogen-bond donors (Lipinski definition) is 2. The van der Waals surface area contributed by atoms with Crippen molar-refractivity contribution >= 4 is 11.4 Å². The zero-order valence-corrected chi connectivity index (χ0v) is 26.6. The third-order valence-electron chi connectivity index (χ3n) is 8.91. The molecule has 0 spiro atoms. The van der Waals surface area contributed by atoms with E-state index in [0.29, 0.717) is 0 Å². The molecule has 0 aliphatic heterocycles. The Morgan fingerprint density at radius 3 is 0.976 bits per heavy atom. The molecule has 222 valence electrons. The van der Waals surface area contributed by atoms with Crippen LogP contribution in [-0.2, 0) is 25.7 Å². The highest BCUT2D eigenvalue weighted by Crippen LogP contribution is 2.24. The Morgan fingerprint density at radius 1 is 0.381 bits per heavy atom. The van der Waals surface area contributed by atoms with E-state index in [0.717, 1.165) is 24.2 Å². The summed E-state index contributed by atoms with van der Waals surface area (Å²) in [5.74, 6) is 0. The van der Waals surface area contributed by atoms with Crippen molar-refractivity contribution in [3.63, 3.8) is 0 Å². The van der Waals surface area contributed by atoms with Gasteiger partial charge in [-0.1, -0.05) is 87.1 Å². The molecule has 0 bridgehead atoms. The normalized spacial score (nSPS) is 11.2. The second-order valence-electron chi connectivity index (χ2n) is 12.6. The maximum atomic E-state index is 5.85. The molecular formula is C40H52N2. The van der Waals surface area contributed by atoms with Gasteiger partial charge in [-0.05, 0) is 146 Å². The zero-order valence-electron chi connectivity index (χ0n) is 26.6.